The number of rotatable bonds is 3. The summed E-state index contributed by atoms with van der Waals surface area (Å²) < 4.78 is 35.0. The van der Waals surface area contributed by atoms with Crippen LogP contribution in [0.15, 0.2) is 0 Å². The van der Waals surface area contributed by atoms with Crippen molar-refractivity contribution in [3.8, 4) is 0 Å². The van der Waals surface area contributed by atoms with Gasteiger partial charge in [-0.3, -0.25) is 0 Å². The average molecular weight is 181 g/mol. The lowest BCUT2D eigenvalue weighted by Crippen LogP contribution is -2.48. The second-order valence-electron chi connectivity index (χ2n) is 3.02. The average Bonchev–Trinajstić information content (AvgIpc) is 1.82. The molecule has 1 saturated heterocycles. The van der Waals surface area contributed by atoms with Crippen LogP contribution in [-0.2, 0) is 4.79 Å². The highest BCUT2D eigenvalue weighted by atomic mass is 19.4. The van der Waals surface area contributed by atoms with Crippen LogP contribution in [0.5, 0.6) is 0 Å². The van der Waals surface area contributed by atoms with Gasteiger partial charge < -0.3 is 9.69 Å². The van der Waals surface area contributed by atoms with Gasteiger partial charge in [-0.1, -0.05) is 0 Å². The van der Waals surface area contributed by atoms with Gasteiger partial charge in [-0.05, 0) is 0 Å². The topological polar surface area (TPSA) is 20.3 Å². The van der Waals surface area contributed by atoms with Crippen molar-refractivity contribution in [2.24, 2.45) is 5.92 Å². The first-order valence-corrected chi connectivity index (χ1v) is 3.75. The number of hydrogen-bond acceptors (Lipinski definition) is 2. The Morgan fingerprint density at radius 3 is 2.42 bits per heavy atom. The monoisotopic (exact) mass is 181 g/mol. The lowest BCUT2D eigenvalue weighted by Gasteiger charge is -2.36. The van der Waals surface area contributed by atoms with Crippen molar-refractivity contribution in [1.29, 1.82) is 0 Å². The highest BCUT2D eigenvalue weighted by Crippen LogP contribution is 2.22. The summed E-state index contributed by atoms with van der Waals surface area (Å²) in [6.07, 6.45) is -4.06. The lowest BCUT2D eigenvalue weighted by atomic mass is 10.0. The maximum atomic E-state index is 11.7. The van der Waals surface area contributed by atoms with Crippen molar-refractivity contribution < 1.29 is 18.0 Å². The first kappa shape index (κ1) is 9.51. The minimum atomic E-state index is -4.08. The van der Waals surface area contributed by atoms with E-state index in [2.05, 4.69) is 0 Å². The fraction of sp³-hybridized carbons (Fsp3) is 0.857. The number of nitrogens with zero attached hydrogens (tertiary/aromatic N) is 1. The standard InChI is InChI=1S/C7H10F3NO/c8-7(9,10)1-2-11-3-6(4-11)5-12/h5-6H,1-4H2. The molecule has 0 spiro atoms. The molecule has 0 saturated carbocycles. The van der Waals surface area contributed by atoms with E-state index in [1.54, 1.807) is 4.90 Å². The molecule has 0 aromatic carbocycles. The molecule has 0 N–H and O–H groups in total. The Morgan fingerprint density at radius 1 is 1.42 bits per heavy atom. The van der Waals surface area contributed by atoms with Gasteiger partial charge in [0.15, 0.2) is 0 Å². The summed E-state index contributed by atoms with van der Waals surface area (Å²) in [7, 11) is 0. The lowest BCUT2D eigenvalue weighted by molar-refractivity contribution is -0.141. The zero-order valence-corrected chi connectivity index (χ0v) is 6.47. The molecule has 0 bridgehead atoms. The van der Waals surface area contributed by atoms with Crippen LogP contribution in [-0.4, -0.2) is 37.0 Å². The smallest absolute Gasteiger partial charge is 0.303 e. The second kappa shape index (κ2) is 3.43. The van der Waals surface area contributed by atoms with Crippen molar-refractivity contribution in [2.45, 2.75) is 12.6 Å². The molecular weight excluding hydrogens is 171 g/mol. The Bertz CT molecular complexity index is 163. The fourth-order valence-electron chi connectivity index (χ4n) is 1.16. The van der Waals surface area contributed by atoms with Gasteiger partial charge in [0.2, 0.25) is 0 Å². The van der Waals surface area contributed by atoms with Gasteiger partial charge in [0.05, 0.1) is 6.42 Å². The maximum absolute atomic E-state index is 11.7. The van der Waals surface area contributed by atoms with E-state index in [1.807, 2.05) is 0 Å². The van der Waals surface area contributed by atoms with Crippen molar-refractivity contribution in [1.82, 2.24) is 4.90 Å². The molecule has 1 fully saturated rings. The minimum Gasteiger partial charge on any atom is -0.303 e. The van der Waals surface area contributed by atoms with Gasteiger partial charge in [0.1, 0.15) is 6.29 Å². The van der Waals surface area contributed by atoms with E-state index in [0.29, 0.717) is 13.1 Å². The predicted molar refractivity (Wildman–Crippen MR) is 36.7 cm³/mol. The van der Waals surface area contributed by atoms with Crippen molar-refractivity contribution >= 4 is 6.29 Å². The molecule has 2 nitrogen and oxygen atoms in total. The van der Waals surface area contributed by atoms with Crippen LogP contribution in [0.3, 0.4) is 0 Å². The van der Waals surface area contributed by atoms with Gasteiger partial charge in [0, 0.05) is 25.6 Å². The summed E-state index contributed by atoms with van der Waals surface area (Å²) in [5, 5.41) is 0. The zero-order chi connectivity index (χ0) is 9.19. The summed E-state index contributed by atoms with van der Waals surface area (Å²) in [5.74, 6) is -0.0433. The van der Waals surface area contributed by atoms with Crippen LogP contribution < -0.4 is 0 Å². The number of alkyl halides is 3. The number of aldehydes is 1. The van der Waals surface area contributed by atoms with E-state index in [9.17, 15) is 18.0 Å². The van der Waals surface area contributed by atoms with Crippen LogP contribution in [0, 0.1) is 5.92 Å². The molecule has 12 heavy (non-hydrogen) atoms. The number of halogens is 3. The summed E-state index contributed by atoms with van der Waals surface area (Å²) in [5.41, 5.74) is 0. The van der Waals surface area contributed by atoms with Gasteiger partial charge in [-0.15, -0.1) is 0 Å². The van der Waals surface area contributed by atoms with Gasteiger partial charge in [-0.25, -0.2) is 0 Å². The molecule has 0 unspecified atom stereocenters. The van der Waals surface area contributed by atoms with Crippen molar-refractivity contribution in [3.05, 3.63) is 0 Å². The molecule has 1 rings (SSSR count). The normalized spacial score (nSPS) is 20.6. The summed E-state index contributed by atoms with van der Waals surface area (Å²) in [6, 6.07) is 0. The van der Waals surface area contributed by atoms with Gasteiger partial charge in [0.25, 0.3) is 0 Å². The first-order chi connectivity index (χ1) is 5.51. The van der Waals surface area contributed by atoms with Crippen molar-refractivity contribution in [3.63, 3.8) is 0 Å². The molecule has 5 heteroatoms. The van der Waals surface area contributed by atoms with E-state index in [0.717, 1.165) is 6.29 Å². The molecule has 1 aliphatic heterocycles. The summed E-state index contributed by atoms with van der Waals surface area (Å²) >= 11 is 0. The molecule has 70 valence electrons. The Kier molecular flexibility index (Phi) is 2.72. The third-order valence-corrected chi connectivity index (χ3v) is 1.89. The molecule has 0 radical (unpaired) electrons. The third-order valence-electron chi connectivity index (χ3n) is 1.89. The summed E-state index contributed by atoms with van der Waals surface area (Å²) in [6.45, 7) is 0.993. The fourth-order valence-corrected chi connectivity index (χ4v) is 1.16. The zero-order valence-electron chi connectivity index (χ0n) is 6.47. The SMILES string of the molecule is O=CC1CN(CCC(F)(F)F)C1. The second-order valence-corrected chi connectivity index (χ2v) is 3.02. The third kappa shape index (κ3) is 2.81. The molecule has 1 aliphatic rings. The molecule has 0 aliphatic carbocycles. The Labute approximate surface area is 68.3 Å². The van der Waals surface area contributed by atoms with E-state index in [-0.39, 0.29) is 12.5 Å². The molecule has 0 amide bonds. The number of carbonyl (C=O) groups is 1. The minimum absolute atomic E-state index is 0.0217. The van der Waals surface area contributed by atoms with Crippen LogP contribution in [0.4, 0.5) is 13.2 Å². The molecule has 1 heterocycles. The Hall–Kier alpha value is -0.580. The van der Waals surface area contributed by atoms with E-state index < -0.39 is 12.6 Å². The van der Waals surface area contributed by atoms with Crippen LogP contribution in [0.25, 0.3) is 0 Å². The van der Waals surface area contributed by atoms with Crippen LogP contribution in [0.2, 0.25) is 0 Å². The highest BCUT2D eigenvalue weighted by molar-refractivity contribution is 5.55. The largest absolute Gasteiger partial charge is 0.390 e. The molecule has 0 atom stereocenters. The number of carbonyl (C=O) groups excluding carboxylic acids is 1. The van der Waals surface area contributed by atoms with Crippen LogP contribution >= 0.6 is 0 Å². The van der Waals surface area contributed by atoms with E-state index in [1.165, 1.54) is 0 Å². The highest BCUT2D eigenvalue weighted by Gasteiger charge is 2.32. The van der Waals surface area contributed by atoms with Gasteiger partial charge >= 0.3 is 6.18 Å². The van der Waals surface area contributed by atoms with Crippen LogP contribution in [0.1, 0.15) is 6.42 Å². The maximum Gasteiger partial charge on any atom is 0.390 e. The first-order valence-electron chi connectivity index (χ1n) is 3.75. The Balaban J connectivity index is 2.08. The molecule has 0 aromatic rings. The predicted octanol–water partition coefficient (Wildman–Crippen LogP) is 1.07. The summed E-state index contributed by atoms with van der Waals surface area (Å²) in [4.78, 5) is 11.7. The van der Waals surface area contributed by atoms with E-state index >= 15 is 0 Å². The number of likely N-dealkylation sites (tertiary alicyclic amines) is 1. The quantitative estimate of drug-likeness (QED) is 0.607. The Morgan fingerprint density at radius 2 is 2.00 bits per heavy atom. The molecular formula is C7H10F3NO. The number of hydrogen-bond donors (Lipinski definition) is 0. The van der Waals surface area contributed by atoms with Gasteiger partial charge in [-0.2, -0.15) is 13.2 Å². The molecule has 0 aromatic heterocycles. The van der Waals surface area contributed by atoms with Crippen molar-refractivity contribution in [2.75, 3.05) is 19.6 Å². The van der Waals surface area contributed by atoms with E-state index in [4.69, 9.17) is 0 Å².